The van der Waals surface area contributed by atoms with Gasteiger partial charge in [0.25, 0.3) is 0 Å². The molecule has 0 aromatic heterocycles. The molecule has 1 saturated heterocycles. The van der Waals surface area contributed by atoms with Gasteiger partial charge in [0.05, 0.1) is 0 Å². The number of carbonyl (C=O) groups excluding carboxylic acids is 1. The molecule has 0 unspecified atom stereocenters. The molecule has 0 aromatic carbocycles. The van der Waals surface area contributed by atoms with Crippen molar-refractivity contribution in [3.8, 4) is 0 Å². The molecule has 1 heterocycles. The minimum Gasteiger partial charge on any atom is -0.381 e. The van der Waals surface area contributed by atoms with Crippen molar-refractivity contribution in [1.82, 2.24) is 4.90 Å². The summed E-state index contributed by atoms with van der Waals surface area (Å²) in [6, 6.07) is 0.398. The Bertz CT molecular complexity index is 193. The van der Waals surface area contributed by atoms with Gasteiger partial charge >= 0.3 is 0 Å². The molecular weight excluding hydrogens is 258 g/mol. The minimum absolute atomic E-state index is 0.280. The number of carbonyl (C=O) groups is 1. The Kier molecular flexibility index (Phi) is 6.25. The van der Waals surface area contributed by atoms with Gasteiger partial charge in [-0.1, -0.05) is 15.9 Å². The van der Waals surface area contributed by atoms with Crippen LogP contribution in [0.1, 0.15) is 32.1 Å². The van der Waals surface area contributed by atoms with E-state index in [0.29, 0.717) is 12.5 Å². The fraction of sp³-hybridized carbons (Fsp3) is 0.909. The third-order valence-electron chi connectivity index (χ3n) is 2.91. The van der Waals surface area contributed by atoms with Crippen LogP contribution in [0.4, 0.5) is 0 Å². The number of nitrogens with zero attached hydrogens (tertiary/aromatic N) is 1. The standard InChI is InChI=1S/C11H20BrNO2/c1-13(10-5-8-15-9-6-10)11(14)4-2-3-7-12/h10H,2-9H2,1H3. The highest BCUT2D eigenvalue weighted by atomic mass is 79.9. The summed E-state index contributed by atoms with van der Waals surface area (Å²) < 4.78 is 5.28. The van der Waals surface area contributed by atoms with Crippen LogP contribution in [0.25, 0.3) is 0 Å². The zero-order chi connectivity index (χ0) is 11.1. The molecule has 1 aliphatic rings. The van der Waals surface area contributed by atoms with Crippen molar-refractivity contribution in [2.24, 2.45) is 0 Å². The second-order valence-electron chi connectivity index (χ2n) is 3.99. The van der Waals surface area contributed by atoms with Crippen LogP contribution in [0.15, 0.2) is 0 Å². The molecule has 0 spiro atoms. The summed E-state index contributed by atoms with van der Waals surface area (Å²) in [6.07, 6.45) is 4.71. The van der Waals surface area contributed by atoms with Crippen LogP contribution in [-0.4, -0.2) is 42.4 Å². The molecule has 0 aliphatic carbocycles. The maximum atomic E-state index is 11.8. The van der Waals surface area contributed by atoms with E-state index in [1.165, 1.54) is 0 Å². The first-order valence-electron chi connectivity index (χ1n) is 5.65. The molecule has 1 aliphatic heterocycles. The zero-order valence-corrected chi connectivity index (χ0v) is 11.0. The second-order valence-corrected chi connectivity index (χ2v) is 4.79. The number of halogens is 1. The van der Waals surface area contributed by atoms with E-state index in [4.69, 9.17) is 4.74 Å². The lowest BCUT2D eigenvalue weighted by Crippen LogP contribution is -2.40. The summed E-state index contributed by atoms with van der Waals surface area (Å²) in [4.78, 5) is 13.7. The van der Waals surface area contributed by atoms with Gasteiger partial charge in [-0.2, -0.15) is 0 Å². The third kappa shape index (κ3) is 4.51. The number of hydrogen-bond acceptors (Lipinski definition) is 2. The predicted molar refractivity (Wildman–Crippen MR) is 64.3 cm³/mol. The van der Waals surface area contributed by atoms with Gasteiger partial charge in [0.1, 0.15) is 0 Å². The Balaban J connectivity index is 2.24. The quantitative estimate of drug-likeness (QED) is 0.570. The molecule has 0 saturated carbocycles. The average molecular weight is 278 g/mol. The average Bonchev–Trinajstić information content (AvgIpc) is 2.29. The van der Waals surface area contributed by atoms with Crippen molar-refractivity contribution in [2.75, 3.05) is 25.6 Å². The molecule has 4 heteroatoms. The Morgan fingerprint density at radius 1 is 1.40 bits per heavy atom. The Morgan fingerprint density at radius 3 is 2.67 bits per heavy atom. The van der Waals surface area contributed by atoms with E-state index in [1.807, 2.05) is 11.9 Å². The van der Waals surface area contributed by atoms with Crippen LogP contribution in [0.5, 0.6) is 0 Å². The van der Waals surface area contributed by atoms with Crippen molar-refractivity contribution < 1.29 is 9.53 Å². The van der Waals surface area contributed by atoms with Gasteiger partial charge in [-0.15, -0.1) is 0 Å². The van der Waals surface area contributed by atoms with Gasteiger partial charge in [0.15, 0.2) is 0 Å². The van der Waals surface area contributed by atoms with E-state index in [1.54, 1.807) is 0 Å². The highest BCUT2D eigenvalue weighted by molar-refractivity contribution is 9.09. The molecule has 1 rings (SSSR count). The normalized spacial score (nSPS) is 17.7. The van der Waals surface area contributed by atoms with Crippen molar-refractivity contribution in [3.63, 3.8) is 0 Å². The van der Waals surface area contributed by atoms with E-state index in [9.17, 15) is 4.79 Å². The largest absolute Gasteiger partial charge is 0.381 e. The first kappa shape index (κ1) is 13.0. The van der Waals surface area contributed by atoms with Crippen LogP contribution >= 0.6 is 15.9 Å². The Hall–Kier alpha value is -0.0900. The summed E-state index contributed by atoms with van der Waals surface area (Å²) in [7, 11) is 1.92. The summed E-state index contributed by atoms with van der Waals surface area (Å²) in [5.74, 6) is 0.280. The number of ether oxygens (including phenoxy) is 1. The third-order valence-corrected chi connectivity index (χ3v) is 3.47. The SMILES string of the molecule is CN(C(=O)CCCCBr)C1CCOCC1. The first-order valence-corrected chi connectivity index (χ1v) is 6.77. The molecule has 0 bridgehead atoms. The van der Waals surface area contributed by atoms with Crippen LogP contribution in [-0.2, 0) is 9.53 Å². The molecule has 0 N–H and O–H groups in total. The highest BCUT2D eigenvalue weighted by Crippen LogP contribution is 2.14. The van der Waals surface area contributed by atoms with Gasteiger partial charge in [-0.25, -0.2) is 0 Å². The predicted octanol–water partition coefficient (Wildman–Crippen LogP) is 2.19. The molecule has 1 fully saturated rings. The molecule has 88 valence electrons. The number of rotatable bonds is 5. The first-order chi connectivity index (χ1) is 7.25. The Labute approximate surface area is 100 Å². The molecular formula is C11H20BrNO2. The van der Waals surface area contributed by atoms with Crippen LogP contribution in [0.2, 0.25) is 0 Å². The van der Waals surface area contributed by atoms with Gasteiger partial charge in [0.2, 0.25) is 5.91 Å². The minimum atomic E-state index is 0.280. The summed E-state index contributed by atoms with van der Waals surface area (Å²) in [5, 5.41) is 0.987. The van der Waals surface area contributed by atoms with E-state index in [-0.39, 0.29) is 5.91 Å². The molecule has 0 atom stereocenters. The zero-order valence-electron chi connectivity index (χ0n) is 9.38. The van der Waals surface area contributed by atoms with Crippen molar-refractivity contribution in [2.45, 2.75) is 38.1 Å². The second kappa shape index (κ2) is 7.23. The van der Waals surface area contributed by atoms with Gasteiger partial charge in [-0.3, -0.25) is 4.79 Å². The lowest BCUT2D eigenvalue weighted by molar-refractivity contribution is -0.133. The molecule has 0 radical (unpaired) electrons. The fourth-order valence-electron chi connectivity index (χ4n) is 1.82. The van der Waals surface area contributed by atoms with E-state index in [2.05, 4.69) is 15.9 Å². The van der Waals surface area contributed by atoms with Crippen LogP contribution in [0.3, 0.4) is 0 Å². The summed E-state index contributed by atoms with van der Waals surface area (Å²) in [6.45, 7) is 1.59. The van der Waals surface area contributed by atoms with Gasteiger partial charge in [0, 0.05) is 38.1 Å². The van der Waals surface area contributed by atoms with Crippen molar-refractivity contribution >= 4 is 21.8 Å². The topological polar surface area (TPSA) is 29.5 Å². The maximum absolute atomic E-state index is 11.8. The lowest BCUT2D eigenvalue weighted by atomic mass is 10.1. The maximum Gasteiger partial charge on any atom is 0.222 e. The lowest BCUT2D eigenvalue weighted by Gasteiger charge is -2.31. The fourth-order valence-corrected chi connectivity index (χ4v) is 2.22. The molecule has 3 nitrogen and oxygen atoms in total. The molecule has 1 amide bonds. The summed E-state index contributed by atoms with van der Waals surface area (Å²) in [5.41, 5.74) is 0. The van der Waals surface area contributed by atoms with Gasteiger partial charge in [-0.05, 0) is 25.7 Å². The highest BCUT2D eigenvalue weighted by Gasteiger charge is 2.21. The van der Waals surface area contributed by atoms with E-state index < -0.39 is 0 Å². The number of alkyl halides is 1. The number of unbranched alkanes of at least 4 members (excludes halogenated alkanes) is 1. The van der Waals surface area contributed by atoms with E-state index >= 15 is 0 Å². The van der Waals surface area contributed by atoms with Crippen molar-refractivity contribution in [3.05, 3.63) is 0 Å². The monoisotopic (exact) mass is 277 g/mol. The number of hydrogen-bond donors (Lipinski definition) is 0. The number of amides is 1. The van der Waals surface area contributed by atoms with Crippen molar-refractivity contribution in [1.29, 1.82) is 0 Å². The van der Waals surface area contributed by atoms with Crippen LogP contribution < -0.4 is 0 Å². The summed E-state index contributed by atoms with van der Waals surface area (Å²) >= 11 is 3.37. The molecule has 15 heavy (non-hydrogen) atoms. The van der Waals surface area contributed by atoms with Gasteiger partial charge < -0.3 is 9.64 Å². The van der Waals surface area contributed by atoms with Crippen LogP contribution in [0, 0.1) is 0 Å². The Morgan fingerprint density at radius 2 is 2.07 bits per heavy atom. The van der Waals surface area contributed by atoms with E-state index in [0.717, 1.165) is 44.2 Å². The molecule has 0 aromatic rings. The smallest absolute Gasteiger partial charge is 0.222 e.